The molecule has 0 atom stereocenters. The minimum absolute atomic E-state index is 0.0439. The highest BCUT2D eigenvalue weighted by Crippen LogP contribution is 2.26. The average Bonchev–Trinajstić information content (AvgIpc) is 2.41. The summed E-state index contributed by atoms with van der Waals surface area (Å²) >= 11 is 5.87. The van der Waals surface area contributed by atoms with Gasteiger partial charge >= 0.3 is 5.97 Å². The van der Waals surface area contributed by atoms with E-state index in [2.05, 4.69) is 0 Å². The number of benzene rings is 2. The van der Waals surface area contributed by atoms with Crippen LogP contribution in [0, 0.1) is 18.6 Å². The van der Waals surface area contributed by atoms with Gasteiger partial charge in [-0.25, -0.2) is 13.6 Å². The van der Waals surface area contributed by atoms with Gasteiger partial charge in [-0.1, -0.05) is 29.8 Å². The van der Waals surface area contributed by atoms with Crippen molar-refractivity contribution in [3.8, 4) is 0 Å². The van der Waals surface area contributed by atoms with E-state index in [1.807, 2.05) is 0 Å². The number of carboxylic acids is 1. The maximum absolute atomic E-state index is 13.7. The lowest BCUT2D eigenvalue weighted by Crippen LogP contribution is -2.01. The van der Waals surface area contributed by atoms with Gasteiger partial charge in [-0.3, -0.25) is 0 Å². The number of hydrogen-bond donors (Lipinski definition) is 1. The first-order valence-electron chi connectivity index (χ1n) is 6.05. The Labute approximate surface area is 125 Å². The summed E-state index contributed by atoms with van der Waals surface area (Å²) in [6.45, 7) is 1.57. The van der Waals surface area contributed by atoms with E-state index in [4.69, 9.17) is 11.6 Å². The largest absolute Gasteiger partial charge is 0.478 e. The predicted octanol–water partition coefficient (Wildman–Crippen LogP) is 4.55. The van der Waals surface area contributed by atoms with Crippen molar-refractivity contribution in [3.05, 3.63) is 69.7 Å². The second-order valence-electron chi connectivity index (χ2n) is 4.46. The molecule has 0 radical (unpaired) electrons. The SMILES string of the molecule is Cc1ccc(/C(=C/c2c(F)cccc2Cl)C(=O)O)cc1F. The summed E-state index contributed by atoms with van der Waals surface area (Å²) < 4.78 is 27.3. The molecule has 0 fully saturated rings. The Bertz CT molecular complexity index is 719. The van der Waals surface area contributed by atoms with Crippen LogP contribution in [0.1, 0.15) is 16.7 Å². The first-order valence-corrected chi connectivity index (χ1v) is 6.43. The first-order chi connectivity index (χ1) is 9.90. The van der Waals surface area contributed by atoms with E-state index < -0.39 is 17.6 Å². The molecule has 0 saturated carbocycles. The van der Waals surface area contributed by atoms with Crippen molar-refractivity contribution in [1.82, 2.24) is 0 Å². The molecule has 1 N–H and O–H groups in total. The lowest BCUT2D eigenvalue weighted by molar-refractivity contribution is -0.130. The van der Waals surface area contributed by atoms with E-state index in [-0.39, 0.29) is 21.7 Å². The summed E-state index contributed by atoms with van der Waals surface area (Å²) in [5.41, 5.74) is 0.260. The van der Waals surface area contributed by atoms with Crippen molar-refractivity contribution >= 4 is 29.2 Å². The highest BCUT2D eigenvalue weighted by Gasteiger charge is 2.14. The molecule has 0 amide bonds. The van der Waals surface area contributed by atoms with Crippen LogP contribution >= 0.6 is 11.6 Å². The molecule has 108 valence electrons. The highest BCUT2D eigenvalue weighted by molar-refractivity contribution is 6.33. The van der Waals surface area contributed by atoms with Gasteiger partial charge in [0.15, 0.2) is 0 Å². The summed E-state index contributed by atoms with van der Waals surface area (Å²) in [4.78, 5) is 11.4. The van der Waals surface area contributed by atoms with Crippen molar-refractivity contribution in [2.24, 2.45) is 0 Å². The Balaban J connectivity index is 2.61. The fraction of sp³-hybridized carbons (Fsp3) is 0.0625. The Hall–Kier alpha value is -2.20. The summed E-state index contributed by atoms with van der Waals surface area (Å²) in [7, 11) is 0. The van der Waals surface area contributed by atoms with Crippen molar-refractivity contribution < 1.29 is 18.7 Å². The monoisotopic (exact) mass is 308 g/mol. The summed E-state index contributed by atoms with van der Waals surface area (Å²) in [5, 5.41) is 9.36. The van der Waals surface area contributed by atoms with Gasteiger partial charge in [-0.2, -0.15) is 0 Å². The normalized spacial score (nSPS) is 11.5. The van der Waals surface area contributed by atoms with E-state index in [1.165, 1.54) is 30.3 Å². The van der Waals surface area contributed by atoms with Crippen LogP contribution in [0.15, 0.2) is 36.4 Å². The van der Waals surface area contributed by atoms with Gasteiger partial charge < -0.3 is 5.11 Å². The van der Waals surface area contributed by atoms with Crippen LogP contribution in [-0.4, -0.2) is 11.1 Å². The van der Waals surface area contributed by atoms with Crippen molar-refractivity contribution in [1.29, 1.82) is 0 Å². The first kappa shape index (κ1) is 15.2. The standard InChI is InChI=1S/C16H11ClF2O2/c1-9-5-6-10(7-15(9)19)11(16(20)21)8-12-13(17)3-2-4-14(12)18/h2-8H,1H3,(H,20,21)/b11-8-. The number of carboxylic acid groups (broad SMARTS) is 1. The highest BCUT2D eigenvalue weighted by atomic mass is 35.5. The van der Waals surface area contributed by atoms with Crippen molar-refractivity contribution in [2.45, 2.75) is 6.92 Å². The number of carbonyl (C=O) groups is 1. The fourth-order valence-electron chi connectivity index (χ4n) is 1.82. The van der Waals surface area contributed by atoms with Crippen LogP contribution < -0.4 is 0 Å². The van der Waals surface area contributed by atoms with Gasteiger partial charge in [0.1, 0.15) is 11.6 Å². The molecule has 0 heterocycles. The van der Waals surface area contributed by atoms with E-state index in [0.29, 0.717) is 5.56 Å². The second-order valence-corrected chi connectivity index (χ2v) is 4.87. The van der Waals surface area contributed by atoms with Gasteiger partial charge in [-0.15, -0.1) is 0 Å². The molecule has 21 heavy (non-hydrogen) atoms. The molecular weight excluding hydrogens is 298 g/mol. The number of halogens is 3. The second kappa shape index (κ2) is 6.06. The third-order valence-electron chi connectivity index (χ3n) is 3.00. The Morgan fingerprint density at radius 3 is 2.48 bits per heavy atom. The summed E-state index contributed by atoms with van der Waals surface area (Å²) in [5.74, 6) is -2.47. The molecule has 2 aromatic carbocycles. The topological polar surface area (TPSA) is 37.3 Å². The molecule has 0 spiro atoms. The quantitative estimate of drug-likeness (QED) is 0.667. The lowest BCUT2D eigenvalue weighted by Gasteiger charge is -2.06. The number of aliphatic carboxylic acids is 1. The molecule has 5 heteroatoms. The zero-order valence-electron chi connectivity index (χ0n) is 11.0. The third kappa shape index (κ3) is 3.28. The lowest BCUT2D eigenvalue weighted by atomic mass is 10.0. The predicted molar refractivity (Wildman–Crippen MR) is 78.1 cm³/mol. The van der Waals surface area contributed by atoms with Crippen LogP contribution in [-0.2, 0) is 4.79 Å². The molecule has 0 aliphatic heterocycles. The van der Waals surface area contributed by atoms with E-state index in [9.17, 15) is 18.7 Å². The van der Waals surface area contributed by atoms with Crippen molar-refractivity contribution in [3.63, 3.8) is 0 Å². The third-order valence-corrected chi connectivity index (χ3v) is 3.33. The van der Waals surface area contributed by atoms with Gasteiger partial charge in [0, 0.05) is 5.56 Å². The number of hydrogen-bond acceptors (Lipinski definition) is 1. The summed E-state index contributed by atoms with van der Waals surface area (Å²) in [6.07, 6.45) is 1.10. The van der Waals surface area contributed by atoms with Crippen molar-refractivity contribution in [2.75, 3.05) is 0 Å². The van der Waals surface area contributed by atoms with Gasteiger partial charge in [-0.05, 0) is 42.3 Å². The molecule has 2 nitrogen and oxygen atoms in total. The van der Waals surface area contributed by atoms with E-state index in [0.717, 1.165) is 12.1 Å². The Kier molecular flexibility index (Phi) is 4.38. The molecule has 0 bridgehead atoms. The Morgan fingerprint density at radius 1 is 1.19 bits per heavy atom. The molecule has 0 aromatic heterocycles. The summed E-state index contributed by atoms with van der Waals surface area (Å²) in [6, 6.07) is 8.07. The molecular formula is C16H11ClF2O2. The van der Waals surface area contributed by atoms with Gasteiger partial charge in [0.2, 0.25) is 0 Å². The molecule has 0 aliphatic carbocycles. The van der Waals surface area contributed by atoms with Crippen LogP contribution in [0.25, 0.3) is 11.6 Å². The van der Waals surface area contributed by atoms with E-state index in [1.54, 1.807) is 6.92 Å². The molecule has 2 aromatic rings. The van der Waals surface area contributed by atoms with Crippen LogP contribution in [0.4, 0.5) is 8.78 Å². The fourth-order valence-corrected chi connectivity index (χ4v) is 2.04. The van der Waals surface area contributed by atoms with Crippen LogP contribution in [0.5, 0.6) is 0 Å². The Morgan fingerprint density at radius 2 is 1.90 bits per heavy atom. The van der Waals surface area contributed by atoms with Gasteiger partial charge in [0.05, 0.1) is 10.6 Å². The zero-order valence-corrected chi connectivity index (χ0v) is 11.8. The minimum atomic E-state index is -1.29. The smallest absolute Gasteiger partial charge is 0.336 e. The maximum Gasteiger partial charge on any atom is 0.336 e. The van der Waals surface area contributed by atoms with Crippen LogP contribution in [0.2, 0.25) is 5.02 Å². The molecule has 0 aliphatic rings. The molecule has 2 rings (SSSR count). The van der Waals surface area contributed by atoms with Gasteiger partial charge in [0.25, 0.3) is 0 Å². The molecule has 0 saturated heterocycles. The zero-order chi connectivity index (χ0) is 15.6. The number of aryl methyl sites for hydroxylation is 1. The minimum Gasteiger partial charge on any atom is -0.478 e. The molecule has 0 unspecified atom stereocenters. The number of rotatable bonds is 3. The van der Waals surface area contributed by atoms with Crippen LogP contribution in [0.3, 0.4) is 0 Å². The maximum atomic E-state index is 13.7. The van der Waals surface area contributed by atoms with E-state index >= 15 is 0 Å². The average molecular weight is 309 g/mol.